The summed E-state index contributed by atoms with van der Waals surface area (Å²) >= 11 is 0. The molecule has 0 spiro atoms. The van der Waals surface area contributed by atoms with Crippen LogP contribution < -0.4 is 10.9 Å². The molecule has 144 valence electrons. The monoisotopic (exact) mass is 368 g/mol. The molecule has 5 heteroatoms. The molecule has 27 heavy (non-hydrogen) atoms. The molecule has 0 radical (unpaired) electrons. The second-order valence-electron chi connectivity index (χ2n) is 7.56. The second kappa shape index (κ2) is 8.09. The minimum atomic E-state index is -0.330. The third-order valence-corrected chi connectivity index (χ3v) is 5.67. The zero-order chi connectivity index (χ0) is 19.6. The Balaban J connectivity index is 1.83. The Morgan fingerprint density at radius 2 is 1.96 bits per heavy atom. The number of carbonyl (C=O) groups excluding carboxylic acids is 1. The minimum Gasteiger partial charge on any atom is -0.393 e. The van der Waals surface area contributed by atoms with Crippen molar-refractivity contribution in [2.75, 3.05) is 0 Å². The van der Waals surface area contributed by atoms with Gasteiger partial charge >= 0.3 is 0 Å². The van der Waals surface area contributed by atoms with Crippen molar-refractivity contribution in [2.24, 2.45) is 13.0 Å². The number of benzene rings is 1. The molecule has 2 N–H and O–H groups in total. The van der Waals surface area contributed by atoms with Gasteiger partial charge in [0.15, 0.2) is 0 Å². The molecule has 5 nitrogen and oxygen atoms in total. The van der Waals surface area contributed by atoms with Crippen molar-refractivity contribution in [3.63, 3.8) is 0 Å². The first-order chi connectivity index (χ1) is 12.9. The molecule has 1 heterocycles. The van der Waals surface area contributed by atoms with E-state index in [9.17, 15) is 14.7 Å². The maximum absolute atomic E-state index is 12.9. The molecule has 1 atom stereocenters. The molecule has 1 fully saturated rings. The standard InChI is InChI=1S/C22H28N2O3/c1-4-20-14(2)10-18(22(27)24(20)3)21(26)23-19(16-12-17(25)13-16)11-15-8-6-5-7-9-15/h5-10,16-17,19,25H,4,11-13H2,1-3H3,(H,23,26)/t16?,17?,19-/m0/s1. The lowest BCUT2D eigenvalue weighted by atomic mass is 9.75. The predicted octanol–water partition coefficient (Wildman–Crippen LogP) is 2.37. The predicted molar refractivity (Wildman–Crippen MR) is 106 cm³/mol. The van der Waals surface area contributed by atoms with Crippen LogP contribution in [0.25, 0.3) is 0 Å². The highest BCUT2D eigenvalue weighted by Crippen LogP contribution is 2.32. The molecule has 0 saturated heterocycles. The number of nitrogens with one attached hydrogen (secondary N) is 1. The number of aromatic nitrogens is 1. The van der Waals surface area contributed by atoms with Gasteiger partial charge in [0.05, 0.1) is 6.10 Å². The molecule has 0 unspecified atom stereocenters. The second-order valence-corrected chi connectivity index (χ2v) is 7.56. The van der Waals surface area contributed by atoms with Crippen LogP contribution in [0.4, 0.5) is 0 Å². The molecule has 2 aromatic rings. The zero-order valence-electron chi connectivity index (χ0n) is 16.2. The van der Waals surface area contributed by atoms with Crippen molar-refractivity contribution < 1.29 is 9.90 Å². The van der Waals surface area contributed by atoms with E-state index in [1.807, 2.05) is 44.2 Å². The van der Waals surface area contributed by atoms with Crippen molar-refractivity contribution in [1.82, 2.24) is 9.88 Å². The van der Waals surface area contributed by atoms with E-state index < -0.39 is 0 Å². The van der Waals surface area contributed by atoms with Gasteiger partial charge in [-0.05, 0) is 55.7 Å². The van der Waals surface area contributed by atoms with Gasteiger partial charge in [0.25, 0.3) is 11.5 Å². The van der Waals surface area contributed by atoms with E-state index >= 15 is 0 Å². The number of aliphatic hydroxyl groups is 1. The van der Waals surface area contributed by atoms with Gasteiger partial charge in [0, 0.05) is 18.8 Å². The lowest BCUT2D eigenvalue weighted by molar-refractivity contribution is 0.0239. The minimum absolute atomic E-state index is 0.0980. The number of hydrogen-bond acceptors (Lipinski definition) is 3. The van der Waals surface area contributed by atoms with Crippen LogP contribution in [-0.2, 0) is 19.9 Å². The SMILES string of the molecule is CCc1c(C)cc(C(=O)N[C@@H](Cc2ccccc2)C2CC(O)C2)c(=O)n1C. The number of carbonyl (C=O) groups is 1. The number of aryl methyl sites for hydroxylation is 1. The number of amides is 1. The highest BCUT2D eigenvalue weighted by Gasteiger charge is 2.35. The molecule has 0 aliphatic heterocycles. The maximum Gasteiger partial charge on any atom is 0.263 e. The van der Waals surface area contributed by atoms with Gasteiger partial charge in [0.1, 0.15) is 5.56 Å². The Hall–Kier alpha value is -2.40. The molecule has 1 aliphatic carbocycles. The van der Waals surface area contributed by atoms with Crippen molar-refractivity contribution in [2.45, 2.75) is 51.7 Å². The number of nitrogens with zero attached hydrogens (tertiary/aromatic N) is 1. The molecule has 1 aromatic heterocycles. The Morgan fingerprint density at radius 3 is 2.56 bits per heavy atom. The highest BCUT2D eigenvalue weighted by atomic mass is 16.3. The average Bonchev–Trinajstić information content (AvgIpc) is 2.63. The van der Waals surface area contributed by atoms with Crippen LogP contribution in [0, 0.1) is 12.8 Å². The Kier molecular flexibility index (Phi) is 5.80. The van der Waals surface area contributed by atoms with Gasteiger partial charge in [-0.15, -0.1) is 0 Å². The van der Waals surface area contributed by atoms with Crippen molar-refractivity contribution >= 4 is 5.91 Å². The fraction of sp³-hybridized carbons (Fsp3) is 0.455. The van der Waals surface area contributed by atoms with Crippen molar-refractivity contribution in [3.8, 4) is 0 Å². The third-order valence-electron chi connectivity index (χ3n) is 5.67. The summed E-state index contributed by atoms with van der Waals surface area (Å²) in [5.41, 5.74) is 2.95. The van der Waals surface area contributed by atoms with E-state index in [4.69, 9.17) is 0 Å². The number of hydrogen-bond donors (Lipinski definition) is 2. The summed E-state index contributed by atoms with van der Waals surface area (Å²) in [6.45, 7) is 3.93. The summed E-state index contributed by atoms with van der Waals surface area (Å²) in [5.74, 6) is -0.104. The Labute approximate surface area is 160 Å². The van der Waals surface area contributed by atoms with Crippen LogP contribution in [0.2, 0.25) is 0 Å². The average molecular weight is 368 g/mol. The molecular formula is C22H28N2O3. The first kappa shape index (κ1) is 19.4. The summed E-state index contributed by atoms with van der Waals surface area (Å²) < 4.78 is 1.57. The number of rotatable bonds is 6. The van der Waals surface area contributed by atoms with E-state index in [1.165, 1.54) is 0 Å². The molecule has 3 rings (SSSR count). The summed E-state index contributed by atoms with van der Waals surface area (Å²) in [6, 6.07) is 11.6. The fourth-order valence-electron chi connectivity index (χ4n) is 4.02. The molecule has 1 aliphatic rings. The smallest absolute Gasteiger partial charge is 0.263 e. The van der Waals surface area contributed by atoms with Gasteiger partial charge in [-0.25, -0.2) is 0 Å². The van der Waals surface area contributed by atoms with Crippen LogP contribution in [0.3, 0.4) is 0 Å². The largest absolute Gasteiger partial charge is 0.393 e. The number of aliphatic hydroxyl groups excluding tert-OH is 1. The van der Waals surface area contributed by atoms with Crippen LogP contribution in [0.15, 0.2) is 41.2 Å². The van der Waals surface area contributed by atoms with Gasteiger partial charge in [-0.3, -0.25) is 9.59 Å². The van der Waals surface area contributed by atoms with Crippen LogP contribution >= 0.6 is 0 Å². The topological polar surface area (TPSA) is 71.3 Å². The van der Waals surface area contributed by atoms with Gasteiger partial charge in [0.2, 0.25) is 0 Å². The van der Waals surface area contributed by atoms with Crippen LogP contribution in [-0.4, -0.2) is 27.7 Å². The Bertz CT molecular complexity index is 867. The molecule has 1 aromatic carbocycles. The maximum atomic E-state index is 12.9. The normalized spacial score (nSPS) is 20.0. The quantitative estimate of drug-likeness (QED) is 0.822. The van der Waals surface area contributed by atoms with Crippen LogP contribution in [0.5, 0.6) is 0 Å². The van der Waals surface area contributed by atoms with E-state index in [1.54, 1.807) is 17.7 Å². The van der Waals surface area contributed by atoms with Crippen molar-refractivity contribution in [1.29, 1.82) is 0 Å². The van der Waals surface area contributed by atoms with E-state index in [-0.39, 0.29) is 35.1 Å². The van der Waals surface area contributed by atoms with Gasteiger partial charge in [-0.2, -0.15) is 0 Å². The lowest BCUT2D eigenvalue weighted by Gasteiger charge is -2.38. The summed E-state index contributed by atoms with van der Waals surface area (Å²) in [6.07, 6.45) is 2.52. The van der Waals surface area contributed by atoms with E-state index in [0.29, 0.717) is 19.3 Å². The van der Waals surface area contributed by atoms with Gasteiger partial charge < -0.3 is 15.0 Å². The molecule has 1 saturated carbocycles. The van der Waals surface area contributed by atoms with E-state index in [2.05, 4.69) is 5.32 Å². The summed E-state index contributed by atoms with van der Waals surface area (Å²) in [7, 11) is 1.72. The number of pyridine rings is 1. The zero-order valence-corrected chi connectivity index (χ0v) is 16.2. The third kappa shape index (κ3) is 4.14. The molecular weight excluding hydrogens is 340 g/mol. The first-order valence-corrected chi connectivity index (χ1v) is 9.63. The van der Waals surface area contributed by atoms with Crippen LogP contribution in [0.1, 0.15) is 46.9 Å². The molecule has 0 bridgehead atoms. The van der Waals surface area contributed by atoms with Gasteiger partial charge in [-0.1, -0.05) is 37.3 Å². The summed E-state index contributed by atoms with van der Waals surface area (Å²) in [4.78, 5) is 25.6. The summed E-state index contributed by atoms with van der Waals surface area (Å²) in [5, 5.41) is 12.8. The van der Waals surface area contributed by atoms with E-state index in [0.717, 1.165) is 23.2 Å². The lowest BCUT2D eigenvalue weighted by Crippen LogP contribution is -2.49. The molecule has 1 amide bonds. The fourth-order valence-corrected chi connectivity index (χ4v) is 4.02. The van der Waals surface area contributed by atoms with Crippen molar-refractivity contribution in [3.05, 3.63) is 69.1 Å². The first-order valence-electron chi connectivity index (χ1n) is 9.63. The Morgan fingerprint density at radius 1 is 1.30 bits per heavy atom. The highest BCUT2D eigenvalue weighted by molar-refractivity contribution is 5.94.